The number of aliphatic hydroxyl groups excluding tert-OH is 2. The lowest BCUT2D eigenvalue weighted by Crippen LogP contribution is -2.50. The van der Waals surface area contributed by atoms with Crippen LogP contribution in [0.25, 0.3) is 0 Å². The minimum Gasteiger partial charge on any atom is -0.396 e. The van der Waals surface area contributed by atoms with Crippen LogP contribution in [-0.4, -0.2) is 80.1 Å². The quantitative estimate of drug-likeness (QED) is 0.290. The first kappa shape index (κ1) is 26.7. The molecule has 0 aliphatic heterocycles. The lowest BCUT2D eigenvalue weighted by Gasteiger charge is -2.42. The molecule has 2 aliphatic rings. The van der Waals surface area contributed by atoms with E-state index in [1.807, 2.05) is 36.5 Å². The van der Waals surface area contributed by atoms with Gasteiger partial charge in [0.1, 0.15) is 23.4 Å². The molecule has 7 heteroatoms. The van der Waals surface area contributed by atoms with Gasteiger partial charge in [0.15, 0.2) is 0 Å². The molecule has 0 spiro atoms. The fraction of sp³-hybridized carbons (Fsp3) is 0.667. The van der Waals surface area contributed by atoms with Gasteiger partial charge in [0.25, 0.3) is 0 Å². The SMILES string of the molecule is CC1(O)C(CCCSCCO)=CC=CC1OC1C=CC=C(CCCSCCO)C1(C)O. The molecule has 0 amide bonds. The van der Waals surface area contributed by atoms with E-state index in [0.29, 0.717) is 0 Å². The molecule has 0 heterocycles. The van der Waals surface area contributed by atoms with Gasteiger partial charge in [-0.2, -0.15) is 23.5 Å². The minimum atomic E-state index is -1.14. The summed E-state index contributed by atoms with van der Waals surface area (Å²) >= 11 is 3.42. The summed E-state index contributed by atoms with van der Waals surface area (Å²) in [5.74, 6) is 3.35. The Morgan fingerprint density at radius 2 is 1.19 bits per heavy atom. The predicted octanol–water partition coefficient (Wildman–Crippen LogP) is 3.25. The van der Waals surface area contributed by atoms with Crippen molar-refractivity contribution in [3.8, 4) is 0 Å². The molecule has 0 radical (unpaired) electrons. The van der Waals surface area contributed by atoms with E-state index in [9.17, 15) is 10.2 Å². The summed E-state index contributed by atoms with van der Waals surface area (Å²) in [5, 5.41) is 40.3. The number of hydrogen-bond donors (Lipinski definition) is 4. The highest BCUT2D eigenvalue weighted by molar-refractivity contribution is 7.99. The zero-order valence-corrected chi connectivity index (χ0v) is 20.3. The standard InChI is InChI=1S/C24H38O5S2/c1-23(27)19(9-5-15-30-17-13-25)7-3-11-21(23)29-22-12-4-8-20(24(22,2)28)10-6-16-31-18-14-26/h3-4,7-8,11-12,21-22,25-28H,5-6,9-10,13-18H2,1-2H3. The molecule has 31 heavy (non-hydrogen) atoms. The Kier molecular flexibility index (Phi) is 11.4. The number of thioether (sulfide) groups is 2. The lowest BCUT2D eigenvalue weighted by atomic mass is 9.81. The second kappa shape index (κ2) is 13.2. The van der Waals surface area contributed by atoms with Crippen molar-refractivity contribution < 1.29 is 25.2 Å². The molecular weight excluding hydrogens is 432 g/mol. The molecule has 2 rings (SSSR count). The molecule has 4 N–H and O–H groups in total. The molecule has 2 aliphatic carbocycles. The van der Waals surface area contributed by atoms with Gasteiger partial charge in [-0.1, -0.05) is 36.5 Å². The molecule has 0 saturated carbocycles. The van der Waals surface area contributed by atoms with Gasteiger partial charge in [-0.05, 0) is 62.2 Å². The van der Waals surface area contributed by atoms with Crippen LogP contribution >= 0.6 is 23.5 Å². The van der Waals surface area contributed by atoms with Gasteiger partial charge >= 0.3 is 0 Å². The van der Waals surface area contributed by atoms with Crippen molar-refractivity contribution in [1.82, 2.24) is 0 Å². The van der Waals surface area contributed by atoms with Gasteiger partial charge in [-0.3, -0.25) is 0 Å². The number of aliphatic hydroxyl groups is 4. The van der Waals surface area contributed by atoms with Crippen molar-refractivity contribution in [2.24, 2.45) is 0 Å². The summed E-state index contributed by atoms with van der Waals surface area (Å²) in [4.78, 5) is 0. The highest BCUT2D eigenvalue weighted by Gasteiger charge is 2.42. The number of ether oxygens (including phenoxy) is 1. The first-order valence-corrected chi connectivity index (χ1v) is 13.4. The predicted molar refractivity (Wildman–Crippen MR) is 132 cm³/mol. The van der Waals surface area contributed by atoms with E-state index < -0.39 is 23.4 Å². The van der Waals surface area contributed by atoms with Crippen LogP contribution in [0.4, 0.5) is 0 Å². The van der Waals surface area contributed by atoms with Gasteiger partial charge in [0, 0.05) is 11.5 Å². The Morgan fingerprint density at radius 3 is 1.58 bits per heavy atom. The average Bonchev–Trinajstić information content (AvgIpc) is 2.72. The fourth-order valence-electron chi connectivity index (χ4n) is 3.87. The Hall–Kier alpha value is -0.540. The largest absolute Gasteiger partial charge is 0.396 e. The van der Waals surface area contributed by atoms with Gasteiger partial charge < -0.3 is 25.2 Å². The third-order valence-electron chi connectivity index (χ3n) is 5.81. The molecule has 0 bridgehead atoms. The summed E-state index contributed by atoms with van der Waals surface area (Å²) in [5.41, 5.74) is -0.410. The second-order valence-electron chi connectivity index (χ2n) is 8.31. The maximum Gasteiger partial charge on any atom is 0.113 e. The van der Waals surface area contributed by atoms with Crippen molar-refractivity contribution in [3.05, 3.63) is 47.6 Å². The van der Waals surface area contributed by atoms with E-state index in [0.717, 1.165) is 59.8 Å². The zero-order chi connectivity index (χ0) is 22.7. The van der Waals surface area contributed by atoms with Crippen LogP contribution in [0.3, 0.4) is 0 Å². The average molecular weight is 471 g/mol. The first-order valence-electron chi connectivity index (χ1n) is 11.1. The monoisotopic (exact) mass is 470 g/mol. The molecule has 176 valence electrons. The van der Waals surface area contributed by atoms with E-state index in [4.69, 9.17) is 14.9 Å². The van der Waals surface area contributed by atoms with E-state index in [2.05, 4.69) is 0 Å². The Morgan fingerprint density at radius 1 is 0.774 bits per heavy atom. The highest BCUT2D eigenvalue weighted by atomic mass is 32.2. The first-order chi connectivity index (χ1) is 14.8. The van der Waals surface area contributed by atoms with Crippen molar-refractivity contribution >= 4 is 23.5 Å². The Balaban J connectivity index is 1.93. The molecule has 0 fully saturated rings. The molecule has 0 aromatic rings. The summed E-state index contributed by atoms with van der Waals surface area (Å²) in [6.07, 6.45) is 13.8. The van der Waals surface area contributed by atoms with E-state index in [1.165, 1.54) is 0 Å². The Labute approximate surface area is 195 Å². The molecular formula is C24H38O5S2. The molecule has 4 atom stereocenters. The van der Waals surface area contributed by atoms with Crippen LogP contribution in [0.2, 0.25) is 0 Å². The van der Waals surface area contributed by atoms with Crippen molar-refractivity contribution in [1.29, 1.82) is 0 Å². The molecule has 0 saturated heterocycles. The van der Waals surface area contributed by atoms with Gasteiger partial charge in [-0.25, -0.2) is 0 Å². The van der Waals surface area contributed by atoms with Crippen molar-refractivity contribution in [2.45, 2.75) is 62.9 Å². The molecule has 5 nitrogen and oxygen atoms in total. The molecule has 4 unspecified atom stereocenters. The smallest absolute Gasteiger partial charge is 0.113 e. The lowest BCUT2D eigenvalue weighted by molar-refractivity contribution is -0.125. The van der Waals surface area contributed by atoms with Crippen LogP contribution in [0.1, 0.15) is 39.5 Å². The van der Waals surface area contributed by atoms with Gasteiger partial charge in [0.2, 0.25) is 0 Å². The van der Waals surface area contributed by atoms with Gasteiger partial charge in [0.05, 0.1) is 13.2 Å². The van der Waals surface area contributed by atoms with Crippen LogP contribution in [-0.2, 0) is 4.74 Å². The number of hydrogen-bond acceptors (Lipinski definition) is 7. The third-order valence-corrected chi connectivity index (χ3v) is 7.91. The summed E-state index contributed by atoms with van der Waals surface area (Å²) in [7, 11) is 0. The van der Waals surface area contributed by atoms with Crippen LogP contribution in [0.15, 0.2) is 47.6 Å². The van der Waals surface area contributed by atoms with Crippen LogP contribution in [0, 0.1) is 0 Å². The maximum absolute atomic E-state index is 11.3. The van der Waals surface area contributed by atoms with E-state index >= 15 is 0 Å². The summed E-state index contributed by atoms with van der Waals surface area (Å²) < 4.78 is 6.28. The number of rotatable bonds is 14. The number of allylic oxidation sites excluding steroid dienone is 4. The van der Waals surface area contributed by atoms with Crippen molar-refractivity contribution in [2.75, 3.05) is 36.2 Å². The normalized spacial score (nSPS) is 30.4. The second-order valence-corrected chi connectivity index (χ2v) is 10.8. The van der Waals surface area contributed by atoms with E-state index in [1.54, 1.807) is 37.4 Å². The summed E-state index contributed by atoms with van der Waals surface area (Å²) in [6, 6.07) is 0. The van der Waals surface area contributed by atoms with Crippen LogP contribution < -0.4 is 0 Å². The topological polar surface area (TPSA) is 90.2 Å². The zero-order valence-electron chi connectivity index (χ0n) is 18.7. The molecule has 0 aromatic carbocycles. The van der Waals surface area contributed by atoms with E-state index in [-0.39, 0.29) is 13.2 Å². The minimum absolute atomic E-state index is 0.191. The van der Waals surface area contributed by atoms with Gasteiger partial charge in [-0.15, -0.1) is 0 Å². The van der Waals surface area contributed by atoms with Crippen LogP contribution in [0.5, 0.6) is 0 Å². The Bertz CT molecular complexity index is 611. The third kappa shape index (κ3) is 7.77. The van der Waals surface area contributed by atoms with Crippen molar-refractivity contribution in [3.63, 3.8) is 0 Å². The molecule has 0 aromatic heterocycles. The highest BCUT2D eigenvalue weighted by Crippen LogP contribution is 2.37. The fourth-order valence-corrected chi connectivity index (χ4v) is 5.24. The maximum atomic E-state index is 11.3. The summed E-state index contributed by atoms with van der Waals surface area (Å²) in [6.45, 7) is 3.95.